The molecule has 20 heavy (non-hydrogen) atoms. The maximum atomic E-state index is 13.3. The molecule has 102 valence electrons. The maximum absolute atomic E-state index is 13.3. The molecule has 3 rings (SSSR count). The summed E-state index contributed by atoms with van der Waals surface area (Å²) in [6, 6.07) is 3.01. The molecule has 0 saturated carbocycles. The molecule has 0 radical (unpaired) electrons. The number of pyridine rings is 1. The smallest absolute Gasteiger partial charge is 0.180 e. The van der Waals surface area contributed by atoms with E-state index >= 15 is 0 Å². The Hall–Kier alpha value is -2.21. The van der Waals surface area contributed by atoms with E-state index in [0.29, 0.717) is 22.1 Å². The zero-order valence-corrected chi connectivity index (χ0v) is 11.6. The highest BCUT2D eigenvalue weighted by atomic mass is 35.5. The topological polar surface area (TPSA) is 46.3 Å². The summed E-state index contributed by atoms with van der Waals surface area (Å²) in [4.78, 5) is 10.2. The van der Waals surface area contributed by atoms with E-state index < -0.39 is 5.82 Å². The van der Waals surface area contributed by atoms with Crippen LogP contribution in [0.5, 0.6) is 0 Å². The van der Waals surface area contributed by atoms with Gasteiger partial charge in [-0.1, -0.05) is 11.6 Å². The van der Waals surface area contributed by atoms with Gasteiger partial charge in [0.15, 0.2) is 5.65 Å². The van der Waals surface area contributed by atoms with E-state index in [1.165, 1.54) is 10.6 Å². The lowest BCUT2D eigenvalue weighted by atomic mass is 10.2. The van der Waals surface area contributed by atoms with Gasteiger partial charge in [0.1, 0.15) is 16.7 Å². The van der Waals surface area contributed by atoms with Crippen LogP contribution in [0.3, 0.4) is 0 Å². The summed E-state index contributed by atoms with van der Waals surface area (Å²) in [5.41, 5.74) is 2.57. The van der Waals surface area contributed by atoms with E-state index in [0.717, 1.165) is 11.9 Å². The van der Waals surface area contributed by atoms with Crippen molar-refractivity contribution >= 4 is 22.9 Å². The van der Waals surface area contributed by atoms with E-state index in [2.05, 4.69) is 15.1 Å². The summed E-state index contributed by atoms with van der Waals surface area (Å²) in [7, 11) is 3.78. The molecule has 7 heteroatoms. The molecule has 0 N–H and O–H groups in total. The van der Waals surface area contributed by atoms with Gasteiger partial charge in [-0.3, -0.25) is 4.98 Å². The Bertz CT molecular complexity index is 784. The van der Waals surface area contributed by atoms with Crippen LogP contribution in [-0.4, -0.2) is 33.7 Å². The summed E-state index contributed by atoms with van der Waals surface area (Å²) in [6.07, 6.45) is 4.37. The summed E-state index contributed by atoms with van der Waals surface area (Å²) in [5.74, 6) is -0.415. The van der Waals surface area contributed by atoms with Crippen molar-refractivity contribution in [2.75, 3.05) is 19.0 Å². The van der Waals surface area contributed by atoms with E-state index in [1.807, 2.05) is 19.0 Å². The minimum absolute atomic E-state index is 0.405. The number of rotatable bonds is 2. The summed E-state index contributed by atoms with van der Waals surface area (Å²) >= 11 is 6.20. The van der Waals surface area contributed by atoms with E-state index in [-0.39, 0.29) is 0 Å². The Morgan fingerprint density at radius 1 is 1.20 bits per heavy atom. The molecule has 0 atom stereocenters. The monoisotopic (exact) mass is 291 g/mol. The van der Waals surface area contributed by atoms with Crippen LogP contribution in [0.15, 0.2) is 30.7 Å². The molecule has 0 aliphatic rings. The zero-order valence-electron chi connectivity index (χ0n) is 10.9. The van der Waals surface area contributed by atoms with Crippen molar-refractivity contribution in [2.24, 2.45) is 0 Å². The first-order valence-corrected chi connectivity index (χ1v) is 6.26. The molecule has 0 aliphatic heterocycles. The summed E-state index contributed by atoms with van der Waals surface area (Å²) in [5, 5.41) is 4.59. The molecule has 0 unspecified atom stereocenters. The molecule has 3 heterocycles. The molecule has 0 aliphatic carbocycles. The van der Waals surface area contributed by atoms with E-state index in [4.69, 9.17) is 11.6 Å². The minimum atomic E-state index is -0.415. The van der Waals surface area contributed by atoms with E-state index in [9.17, 15) is 4.39 Å². The number of aromatic nitrogens is 4. The fourth-order valence-electron chi connectivity index (χ4n) is 1.93. The zero-order chi connectivity index (χ0) is 14.3. The third-order valence-corrected chi connectivity index (χ3v) is 3.16. The highest BCUT2D eigenvalue weighted by molar-refractivity contribution is 6.30. The van der Waals surface area contributed by atoms with Gasteiger partial charge in [0.05, 0.1) is 18.1 Å². The SMILES string of the molecule is CN(C)c1cnn2c(Cl)cc(-c3cncc(F)c3)nc12. The molecule has 0 saturated heterocycles. The lowest BCUT2D eigenvalue weighted by Crippen LogP contribution is -2.08. The molecule has 3 aromatic rings. The second-order valence-corrected chi connectivity index (χ2v) is 4.90. The number of hydrogen-bond acceptors (Lipinski definition) is 4. The van der Waals surface area contributed by atoms with Gasteiger partial charge >= 0.3 is 0 Å². The Morgan fingerprint density at radius 3 is 2.70 bits per heavy atom. The van der Waals surface area contributed by atoms with Gasteiger partial charge in [-0.25, -0.2) is 13.9 Å². The molecule has 0 amide bonds. The summed E-state index contributed by atoms with van der Waals surface area (Å²) < 4.78 is 14.8. The highest BCUT2D eigenvalue weighted by Gasteiger charge is 2.13. The molecule has 0 spiro atoms. The fourth-order valence-corrected chi connectivity index (χ4v) is 2.16. The van der Waals surface area contributed by atoms with Crippen LogP contribution in [0.1, 0.15) is 0 Å². The minimum Gasteiger partial charge on any atom is -0.373 e. The predicted octanol–water partition coefficient (Wildman–Crippen LogP) is 2.65. The molecule has 5 nitrogen and oxygen atoms in total. The van der Waals surface area contributed by atoms with Gasteiger partial charge in [0.25, 0.3) is 0 Å². The molecule has 0 bridgehead atoms. The van der Waals surface area contributed by atoms with Crippen LogP contribution in [0.25, 0.3) is 16.9 Å². The van der Waals surface area contributed by atoms with Gasteiger partial charge in [-0.2, -0.15) is 5.10 Å². The standard InChI is InChI=1S/C13H11ClFN5/c1-19(2)11-7-17-20-12(14)4-10(18-13(11)20)8-3-9(15)6-16-5-8/h3-7H,1-2H3. The van der Waals surface area contributed by atoms with Crippen molar-refractivity contribution in [2.45, 2.75) is 0 Å². The lowest BCUT2D eigenvalue weighted by molar-refractivity contribution is 0.622. The average Bonchev–Trinajstić information content (AvgIpc) is 2.83. The molecule has 3 aromatic heterocycles. The van der Waals surface area contributed by atoms with Gasteiger partial charge in [0, 0.05) is 31.9 Å². The fraction of sp³-hybridized carbons (Fsp3) is 0.154. The third-order valence-electron chi connectivity index (χ3n) is 2.89. The lowest BCUT2D eigenvalue weighted by Gasteiger charge is -2.10. The Morgan fingerprint density at radius 2 is 2.00 bits per heavy atom. The average molecular weight is 292 g/mol. The van der Waals surface area contributed by atoms with E-state index in [1.54, 1.807) is 18.5 Å². The van der Waals surface area contributed by atoms with Crippen LogP contribution < -0.4 is 4.90 Å². The highest BCUT2D eigenvalue weighted by Crippen LogP contribution is 2.26. The quantitative estimate of drug-likeness (QED) is 0.681. The Kier molecular flexibility index (Phi) is 3.02. The molecule has 0 fully saturated rings. The number of anilines is 1. The number of nitrogens with zero attached hydrogens (tertiary/aromatic N) is 5. The Balaban J connectivity index is 2.25. The van der Waals surface area contributed by atoms with Crippen molar-refractivity contribution in [3.63, 3.8) is 0 Å². The normalized spacial score (nSPS) is 11.0. The van der Waals surface area contributed by atoms with Crippen LogP contribution >= 0.6 is 11.6 Å². The first-order valence-electron chi connectivity index (χ1n) is 5.89. The second kappa shape index (κ2) is 4.72. The van der Waals surface area contributed by atoms with Crippen LogP contribution in [0.2, 0.25) is 5.15 Å². The van der Waals surface area contributed by atoms with Crippen molar-refractivity contribution < 1.29 is 4.39 Å². The van der Waals surface area contributed by atoms with Crippen molar-refractivity contribution in [1.82, 2.24) is 19.6 Å². The number of halogens is 2. The summed E-state index contributed by atoms with van der Waals surface area (Å²) in [6.45, 7) is 0. The molecule has 0 aromatic carbocycles. The van der Waals surface area contributed by atoms with Gasteiger partial charge in [-0.15, -0.1) is 0 Å². The predicted molar refractivity (Wildman–Crippen MR) is 75.5 cm³/mol. The van der Waals surface area contributed by atoms with Crippen molar-refractivity contribution in [3.8, 4) is 11.3 Å². The number of fused-ring (bicyclic) bond motifs is 1. The van der Waals surface area contributed by atoms with Crippen LogP contribution in [-0.2, 0) is 0 Å². The van der Waals surface area contributed by atoms with Gasteiger partial charge in [-0.05, 0) is 6.07 Å². The Labute approximate surface area is 119 Å². The molecular formula is C13H11ClFN5. The van der Waals surface area contributed by atoms with Crippen LogP contribution in [0, 0.1) is 5.82 Å². The first-order chi connectivity index (χ1) is 9.56. The second-order valence-electron chi connectivity index (χ2n) is 4.52. The van der Waals surface area contributed by atoms with Gasteiger partial charge in [0.2, 0.25) is 0 Å². The number of hydrogen-bond donors (Lipinski definition) is 0. The van der Waals surface area contributed by atoms with Gasteiger partial charge < -0.3 is 4.90 Å². The maximum Gasteiger partial charge on any atom is 0.180 e. The van der Waals surface area contributed by atoms with Crippen molar-refractivity contribution in [1.29, 1.82) is 0 Å². The van der Waals surface area contributed by atoms with Crippen molar-refractivity contribution in [3.05, 3.63) is 41.7 Å². The third kappa shape index (κ3) is 2.08. The molecular weight excluding hydrogens is 281 g/mol. The first kappa shape index (κ1) is 12.8. The van der Waals surface area contributed by atoms with Crippen LogP contribution in [0.4, 0.5) is 10.1 Å². The largest absolute Gasteiger partial charge is 0.373 e.